The molecule has 0 aromatic heterocycles. The Morgan fingerprint density at radius 3 is 2.29 bits per heavy atom. The average molecular weight is 643 g/mol. The second-order valence-corrected chi connectivity index (χ2v) is 10.6. The molecule has 0 radical (unpaired) electrons. The molecule has 41 heavy (non-hydrogen) atoms. The molecule has 1 aromatic rings. The predicted molar refractivity (Wildman–Crippen MR) is 156 cm³/mol. The molecule has 0 saturated carbocycles. The number of rotatable bonds is 18. The van der Waals surface area contributed by atoms with Crippen LogP contribution in [0, 0.1) is 5.92 Å². The molecule has 0 aliphatic carbocycles. The van der Waals surface area contributed by atoms with Crippen molar-refractivity contribution in [2.75, 3.05) is 25.0 Å². The lowest BCUT2D eigenvalue weighted by atomic mass is 9.96. The SMILES string of the molecule is CC(CO)NC(=O)CCCNC(=O)/C(Br)=C/C(=O)NCCCC(=O)Nc1cc(C[C@H](N)CC(C)C(=O)O)ccc1O. The van der Waals surface area contributed by atoms with Gasteiger partial charge in [0.1, 0.15) is 5.75 Å². The van der Waals surface area contributed by atoms with Crippen LogP contribution < -0.4 is 27.0 Å². The Hall–Kier alpha value is -3.49. The maximum atomic E-state index is 12.3. The summed E-state index contributed by atoms with van der Waals surface area (Å²) in [5.41, 5.74) is 6.98. The van der Waals surface area contributed by atoms with Gasteiger partial charge in [-0.3, -0.25) is 24.0 Å². The molecule has 0 spiro atoms. The molecule has 14 heteroatoms. The lowest BCUT2D eigenvalue weighted by Gasteiger charge is -2.15. The summed E-state index contributed by atoms with van der Waals surface area (Å²) in [5, 5.41) is 38.4. The third kappa shape index (κ3) is 15.2. The van der Waals surface area contributed by atoms with E-state index in [0.29, 0.717) is 19.3 Å². The smallest absolute Gasteiger partial charge is 0.306 e. The molecular weight excluding hydrogens is 602 g/mol. The van der Waals surface area contributed by atoms with Crippen molar-refractivity contribution in [2.45, 2.75) is 64.5 Å². The monoisotopic (exact) mass is 641 g/mol. The summed E-state index contributed by atoms with van der Waals surface area (Å²) >= 11 is 3.04. The second-order valence-electron chi connectivity index (χ2n) is 9.74. The van der Waals surface area contributed by atoms with Crippen molar-refractivity contribution >= 4 is 51.2 Å². The van der Waals surface area contributed by atoms with Gasteiger partial charge in [0.2, 0.25) is 17.7 Å². The van der Waals surface area contributed by atoms with Crippen molar-refractivity contribution in [3.8, 4) is 5.75 Å². The third-order valence-electron chi connectivity index (χ3n) is 5.81. The Morgan fingerprint density at radius 2 is 1.66 bits per heavy atom. The number of aliphatic hydroxyl groups is 1. The number of halogens is 1. The number of anilines is 1. The fourth-order valence-corrected chi connectivity index (χ4v) is 3.93. The minimum atomic E-state index is -0.926. The number of carboxylic acids is 1. The predicted octanol–water partition coefficient (Wildman–Crippen LogP) is 0.880. The van der Waals surface area contributed by atoms with E-state index in [4.69, 9.17) is 15.9 Å². The summed E-state index contributed by atoms with van der Waals surface area (Å²) in [6.07, 6.45) is 2.62. The number of aromatic hydroxyl groups is 1. The van der Waals surface area contributed by atoms with Gasteiger partial charge in [0.25, 0.3) is 5.91 Å². The van der Waals surface area contributed by atoms with Gasteiger partial charge in [-0.2, -0.15) is 0 Å². The van der Waals surface area contributed by atoms with Crippen LogP contribution >= 0.6 is 15.9 Å². The zero-order valence-electron chi connectivity index (χ0n) is 23.2. The summed E-state index contributed by atoms with van der Waals surface area (Å²) in [6, 6.07) is 3.91. The van der Waals surface area contributed by atoms with Crippen LogP contribution in [0.2, 0.25) is 0 Å². The number of aliphatic carboxylic acids is 1. The minimum Gasteiger partial charge on any atom is -0.506 e. The number of carboxylic acid groups (broad SMARTS) is 1. The Morgan fingerprint density at radius 1 is 1.02 bits per heavy atom. The van der Waals surface area contributed by atoms with Gasteiger partial charge in [-0.1, -0.05) is 13.0 Å². The molecule has 0 saturated heterocycles. The van der Waals surface area contributed by atoms with Crippen molar-refractivity contribution < 1.29 is 39.3 Å². The number of benzene rings is 1. The van der Waals surface area contributed by atoms with Crippen LogP contribution in [0.25, 0.3) is 0 Å². The number of hydrogen-bond donors (Lipinski definition) is 8. The highest BCUT2D eigenvalue weighted by molar-refractivity contribution is 9.12. The lowest BCUT2D eigenvalue weighted by Crippen LogP contribution is -2.35. The van der Waals surface area contributed by atoms with E-state index in [-0.39, 0.29) is 72.7 Å². The Labute approximate surface area is 247 Å². The van der Waals surface area contributed by atoms with Crippen molar-refractivity contribution in [1.82, 2.24) is 16.0 Å². The van der Waals surface area contributed by atoms with Crippen LogP contribution in [-0.4, -0.2) is 76.7 Å². The molecule has 9 N–H and O–H groups in total. The molecule has 0 bridgehead atoms. The number of nitrogens with two attached hydrogens (primary N) is 1. The van der Waals surface area contributed by atoms with Gasteiger partial charge in [0, 0.05) is 44.1 Å². The molecule has 0 fully saturated rings. The molecule has 2 unspecified atom stereocenters. The van der Waals surface area contributed by atoms with E-state index in [1.165, 1.54) is 6.07 Å². The third-order valence-corrected chi connectivity index (χ3v) is 6.40. The van der Waals surface area contributed by atoms with Gasteiger partial charge in [-0.25, -0.2) is 0 Å². The Balaban J connectivity index is 2.39. The van der Waals surface area contributed by atoms with Crippen LogP contribution in [-0.2, 0) is 30.4 Å². The molecule has 4 amide bonds. The maximum Gasteiger partial charge on any atom is 0.306 e. The van der Waals surface area contributed by atoms with Crippen molar-refractivity contribution in [3.05, 3.63) is 34.3 Å². The van der Waals surface area contributed by atoms with Crippen LogP contribution in [0.5, 0.6) is 5.75 Å². The zero-order chi connectivity index (χ0) is 30.9. The average Bonchev–Trinajstić information content (AvgIpc) is 2.90. The Bertz CT molecular complexity index is 1100. The second kappa shape index (κ2) is 18.8. The van der Waals surface area contributed by atoms with Crippen LogP contribution in [0.15, 0.2) is 28.8 Å². The van der Waals surface area contributed by atoms with Crippen LogP contribution in [0.3, 0.4) is 0 Å². The van der Waals surface area contributed by atoms with Crippen LogP contribution in [0.4, 0.5) is 5.69 Å². The molecule has 1 rings (SSSR count). The van der Waals surface area contributed by atoms with Crippen LogP contribution in [0.1, 0.15) is 51.5 Å². The quantitative estimate of drug-likeness (QED) is 0.0646. The normalized spacial score (nSPS) is 13.4. The number of nitrogens with one attached hydrogen (secondary N) is 4. The standard InChI is InChI=1S/C27H40BrN5O8/c1-16(27(40)41)11-19(29)12-18-7-8-22(35)21(13-18)33-24(37)6-3-9-30-25(38)14-20(28)26(39)31-10-4-5-23(36)32-17(2)15-34/h7-8,13-14,16-17,19,34-35H,3-6,9-12,15,29H2,1-2H3,(H,30,38)(H,31,39)(H,32,36)(H,33,37)(H,40,41)/b20-14-/t16?,17?,19-/m1/s1. The van der Waals surface area contributed by atoms with Gasteiger partial charge in [-0.05, 0) is 66.2 Å². The summed E-state index contributed by atoms with van der Waals surface area (Å²) < 4.78 is -0.00131. The minimum absolute atomic E-state index is 0.00131. The van der Waals surface area contributed by atoms with Crippen molar-refractivity contribution in [1.29, 1.82) is 0 Å². The molecule has 0 aliphatic heterocycles. The van der Waals surface area contributed by atoms with Gasteiger partial charge in [0.05, 0.1) is 22.7 Å². The number of hydrogen-bond acceptors (Lipinski definition) is 8. The molecule has 1 aromatic carbocycles. The van der Waals surface area contributed by atoms with E-state index in [9.17, 15) is 29.1 Å². The van der Waals surface area contributed by atoms with E-state index < -0.39 is 29.7 Å². The summed E-state index contributed by atoms with van der Waals surface area (Å²) in [4.78, 5) is 59.1. The van der Waals surface area contributed by atoms with Gasteiger partial charge >= 0.3 is 5.97 Å². The summed E-state index contributed by atoms with van der Waals surface area (Å²) in [7, 11) is 0. The first-order chi connectivity index (χ1) is 19.3. The summed E-state index contributed by atoms with van der Waals surface area (Å²) in [5.74, 6) is -3.33. The number of aliphatic hydroxyl groups excluding tert-OH is 1. The first-order valence-electron chi connectivity index (χ1n) is 13.3. The number of phenols is 1. The highest BCUT2D eigenvalue weighted by atomic mass is 79.9. The molecule has 13 nitrogen and oxygen atoms in total. The molecule has 0 heterocycles. The first kappa shape index (κ1) is 35.5. The topological polar surface area (TPSA) is 220 Å². The highest BCUT2D eigenvalue weighted by Crippen LogP contribution is 2.25. The number of amides is 4. The lowest BCUT2D eigenvalue weighted by molar-refractivity contribution is -0.141. The number of carbonyl (C=O) groups excluding carboxylic acids is 4. The van der Waals surface area contributed by atoms with E-state index >= 15 is 0 Å². The van der Waals surface area contributed by atoms with Crippen molar-refractivity contribution in [3.63, 3.8) is 0 Å². The molecule has 228 valence electrons. The Kier molecular flexibility index (Phi) is 16.3. The number of carbonyl (C=O) groups is 5. The molecular formula is C27H40BrN5O8. The largest absolute Gasteiger partial charge is 0.506 e. The molecule has 0 aliphatic rings. The van der Waals surface area contributed by atoms with E-state index in [1.54, 1.807) is 26.0 Å². The summed E-state index contributed by atoms with van der Waals surface area (Å²) in [6.45, 7) is 3.46. The molecule has 3 atom stereocenters. The van der Waals surface area contributed by atoms with E-state index in [0.717, 1.165) is 11.6 Å². The number of phenolic OH excluding ortho intramolecular Hbond substituents is 1. The van der Waals surface area contributed by atoms with Crippen molar-refractivity contribution in [2.24, 2.45) is 11.7 Å². The van der Waals surface area contributed by atoms with Gasteiger partial charge in [0.15, 0.2) is 0 Å². The van der Waals surface area contributed by atoms with Gasteiger partial charge < -0.3 is 42.3 Å². The van der Waals surface area contributed by atoms with E-state index in [2.05, 4.69) is 37.2 Å². The van der Waals surface area contributed by atoms with E-state index in [1.807, 2.05) is 0 Å². The zero-order valence-corrected chi connectivity index (χ0v) is 24.8. The highest BCUT2D eigenvalue weighted by Gasteiger charge is 2.17. The maximum absolute atomic E-state index is 12.3. The fourth-order valence-electron chi connectivity index (χ4n) is 3.58. The first-order valence-corrected chi connectivity index (χ1v) is 14.0. The van der Waals surface area contributed by atoms with Gasteiger partial charge in [-0.15, -0.1) is 0 Å². The fraction of sp³-hybridized carbons (Fsp3) is 0.519.